The molecule has 0 aromatic heterocycles. The average molecular weight is 346 g/mol. The third-order valence-electron chi connectivity index (χ3n) is 3.15. The summed E-state index contributed by atoms with van der Waals surface area (Å²) in [6, 6.07) is 5.92. The van der Waals surface area contributed by atoms with Gasteiger partial charge in [-0.3, -0.25) is 4.79 Å². The van der Waals surface area contributed by atoms with Crippen molar-refractivity contribution in [3.63, 3.8) is 0 Å². The van der Waals surface area contributed by atoms with E-state index in [4.69, 9.17) is 5.73 Å². The van der Waals surface area contributed by atoms with Crippen LogP contribution in [-0.4, -0.2) is 11.4 Å². The van der Waals surface area contributed by atoms with Crippen molar-refractivity contribution in [1.82, 2.24) is 0 Å². The molecule has 0 aliphatic rings. The molecule has 1 rings (SSSR count). The average Bonchev–Trinajstić information content (AvgIpc) is 2.31. The number of amides is 1. The van der Waals surface area contributed by atoms with E-state index >= 15 is 0 Å². The van der Waals surface area contributed by atoms with E-state index in [1.807, 2.05) is 39.0 Å². The Bertz CT molecular complexity index is 414. The highest BCUT2D eigenvalue weighted by Gasteiger charge is 2.29. The Hall–Kier alpha value is -0.620. The molecule has 0 radical (unpaired) electrons. The van der Waals surface area contributed by atoms with Gasteiger partial charge in [-0.1, -0.05) is 13.8 Å². The van der Waals surface area contributed by atoms with E-state index in [2.05, 4.69) is 27.9 Å². The van der Waals surface area contributed by atoms with Crippen LogP contribution in [0.2, 0.25) is 0 Å². The highest BCUT2D eigenvalue weighted by atomic mass is 127. The summed E-state index contributed by atoms with van der Waals surface area (Å²) < 4.78 is 1.16. The van der Waals surface area contributed by atoms with Gasteiger partial charge < -0.3 is 11.1 Å². The Kier molecular flexibility index (Phi) is 4.94. The summed E-state index contributed by atoms with van der Waals surface area (Å²) in [5, 5.41) is 2.91. The fourth-order valence-electron chi connectivity index (χ4n) is 1.59. The van der Waals surface area contributed by atoms with Crippen molar-refractivity contribution in [2.24, 2.45) is 5.73 Å². The fourth-order valence-corrected chi connectivity index (χ4v) is 2.23. The Balaban J connectivity index is 2.88. The van der Waals surface area contributed by atoms with Gasteiger partial charge in [0.2, 0.25) is 5.91 Å². The molecule has 0 unspecified atom stereocenters. The Morgan fingerprint density at radius 2 is 2.00 bits per heavy atom. The monoisotopic (exact) mass is 346 g/mol. The molecule has 0 aliphatic heterocycles. The topological polar surface area (TPSA) is 55.1 Å². The molecule has 0 saturated heterocycles. The van der Waals surface area contributed by atoms with Gasteiger partial charge in [0.25, 0.3) is 0 Å². The van der Waals surface area contributed by atoms with Crippen LogP contribution >= 0.6 is 22.6 Å². The summed E-state index contributed by atoms with van der Waals surface area (Å²) in [7, 11) is 0. The molecule has 0 saturated carbocycles. The first-order chi connectivity index (χ1) is 7.92. The van der Waals surface area contributed by atoms with Gasteiger partial charge in [-0.05, 0) is 66.1 Å². The third-order valence-corrected chi connectivity index (χ3v) is 3.82. The quantitative estimate of drug-likeness (QED) is 0.824. The highest BCUT2D eigenvalue weighted by Crippen LogP contribution is 2.20. The summed E-state index contributed by atoms with van der Waals surface area (Å²) >= 11 is 2.25. The van der Waals surface area contributed by atoms with E-state index in [0.29, 0.717) is 12.8 Å². The lowest BCUT2D eigenvalue weighted by Gasteiger charge is -2.25. The molecular formula is C13H19IN2O. The van der Waals surface area contributed by atoms with E-state index in [1.165, 1.54) is 0 Å². The molecular weight excluding hydrogens is 327 g/mol. The second-order valence-corrected chi connectivity index (χ2v) is 5.52. The van der Waals surface area contributed by atoms with Crippen molar-refractivity contribution in [3.8, 4) is 0 Å². The Labute approximate surface area is 116 Å². The van der Waals surface area contributed by atoms with E-state index in [0.717, 1.165) is 14.8 Å². The van der Waals surface area contributed by atoms with Crippen molar-refractivity contribution in [1.29, 1.82) is 0 Å². The molecule has 0 atom stereocenters. The lowest BCUT2D eigenvalue weighted by atomic mass is 9.93. The van der Waals surface area contributed by atoms with Crippen LogP contribution in [0.3, 0.4) is 0 Å². The molecule has 3 nitrogen and oxygen atoms in total. The summed E-state index contributed by atoms with van der Waals surface area (Å²) in [6.45, 7) is 5.85. The third kappa shape index (κ3) is 3.42. The molecule has 0 bridgehead atoms. The van der Waals surface area contributed by atoms with Crippen LogP contribution in [0.4, 0.5) is 5.69 Å². The maximum Gasteiger partial charge on any atom is 0.244 e. The van der Waals surface area contributed by atoms with E-state index < -0.39 is 5.54 Å². The van der Waals surface area contributed by atoms with Gasteiger partial charge in [0.15, 0.2) is 0 Å². The highest BCUT2D eigenvalue weighted by molar-refractivity contribution is 14.1. The molecule has 0 aliphatic carbocycles. The van der Waals surface area contributed by atoms with Gasteiger partial charge in [-0.2, -0.15) is 0 Å². The van der Waals surface area contributed by atoms with Crippen LogP contribution < -0.4 is 11.1 Å². The van der Waals surface area contributed by atoms with E-state index in [1.54, 1.807) is 0 Å². The number of rotatable bonds is 4. The second kappa shape index (κ2) is 5.82. The number of halogens is 1. The first kappa shape index (κ1) is 14.4. The number of benzene rings is 1. The number of nitrogens with two attached hydrogens (primary N) is 1. The molecule has 1 amide bonds. The molecule has 0 spiro atoms. The molecule has 1 aromatic rings. The molecule has 0 fully saturated rings. The number of aryl methyl sites for hydroxylation is 1. The minimum atomic E-state index is -0.768. The largest absolute Gasteiger partial charge is 0.324 e. The van der Waals surface area contributed by atoms with E-state index in [-0.39, 0.29) is 5.91 Å². The number of anilines is 1. The van der Waals surface area contributed by atoms with Crippen LogP contribution in [0.1, 0.15) is 32.3 Å². The predicted molar refractivity (Wildman–Crippen MR) is 80.0 cm³/mol. The first-order valence-corrected chi connectivity index (χ1v) is 6.87. The van der Waals surface area contributed by atoms with Crippen LogP contribution in [-0.2, 0) is 4.79 Å². The smallest absolute Gasteiger partial charge is 0.244 e. The van der Waals surface area contributed by atoms with Crippen molar-refractivity contribution < 1.29 is 4.79 Å². The van der Waals surface area contributed by atoms with Gasteiger partial charge in [0.1, 0.15) is 0 Å². The maximum absolute atomic E-state index is 12.1. The van der Waals surface area contributed by atoms with E-state index in [9.17, 15) is 4.79 Å². The fraction of sp³-hybridized carbons (Fsp3) is 0.462. The van der Waals surface area contributed by atoms with Crippen LogP contribution in [0, 0.1) is 10.5 Å². The van der Waals surface area contributed by atoms with Crippen LogP contribution in [0.5, 0.6) is 0 Å². The normalized spacial score (nSPS) is 11.4. The SMILES string of the molecule is CCC(N)(CC)C(=O)Nc1ccc(I)cc1C. The molecule has 0 heterocycles. The second-order valence-electron chi connectivity index (χ2n) is 4.28. The van der Waals surface area contributed by atoms with Gasteiger partial charge in [-0.25, -0.2) is 0 Å². The summed E-state index contributed by atoms with van der Waals surface area (Å²) in [5.41, 5.74) is 7.18. The molecule has 4 heteroatoms. The zero-order valence-corrected chi connectivity index (χ0v) is 12.7. The number of nitrogens with one attached hydrogen (secondary N) is 1. The van der Waals surface area contributed by atoms with Crippen LogP contribution in [0.15, 0.2) is 18.2 Å². The number of carbonyl (C=O) groups is 1. The van der Waals surface area contributed by atoms with Crippen molar-refractivity contribution in [2.45, 2.75) is 39.2 Å². The zero-order chi connectivity index (χ0) is 13.1. The molecule has 17 heavy (non-hydrogen) atoms. The van der Waals surface area contributed by atoms with Crippen LogP contribution in [0.25, 0.3) is 0 Å². The van der Waals surface area contributed by atoms with Gasteiger partial charge in [-0.15, -0.1) is 0 Å². The van der Waals surface area contributed by atoms with Crippen molar-refractivity contribution >= 4 is 34.2 Å². The van der Waals surface area contributed by atoms with Gasteiger partial charge in [0, 0.05) is 9.26 Å². The molecule has 3 N–H and O–H groups in total. The Morgan fingerprint density at radius 3 is 2.47 bits per heavy atom. The standard InChI is InChI=1S/C13H19IN2O/c1-4-13(15,5-2)12(17)16-11-7-6-10(14)8-9(11)3/h6-8H,4-5,15H2,1-3H3,(H,16,17). The van der Waals surface area contributed by atoms with Crippen molar-refractivity contribution in [3.05, 3.63) is 27.3 Å². The minimum absolute atomic E-state index is 0.105. The molecule has 94 valence electrons. The Morgan fingerprint density at radius 1 is 1.41 bits per heavy atom. The first-order valence-electron chi connectivity index (χ1n) is 5.79. The zero-order valence-electron chi connectivity index (χ0n) is 10.5. The maximum atomic E-state index is 12.1. The number of carbonyl (C=O) groups excluding carboxylic acids is 1. The molecule has 1 aromatic carbocycles. The lowest BCUT2D eigenvalue weighted by molar-refractivity contribution is -0.121. The number of hydrogen-bond acceptors (Lipinski definition) is 2. The lowest BCUT2D eigenvalue weighted by Crippen LogP contribution is -2.50. The minimum Gasteiger partial charge on any atom is -0.324 e. The van der Waals surface area contributed by atoms with Crippen molar-refractivity contribution in [2.75, 3.05) is 5.32 Å². The van der Waals surface area contributed by atoms with Gasteiger partial charge >= 0.3 is 0 Å². The summed E-state index contributed by atoms with van der Waals surface area (Å²) in [5.74, 6) is -0.105. The predicted octanol–water partition coefficient (Wildman–Crippen LogP) is 3.06. The van der Waals surface area contributed by atoms with Gasteiger partial charge in [0.05, 0.1) is 5.54 Å². The summed E-state index contributed by atoms with van der Waals surface area (Å²) in [6.07, 6.45) is 1.28. The number of hydrogen-bond donors (Lipinski definition) is 2. The summed E-state index contributed by atoms with van der Waals surface area (Å²) in [4.78, 5) is 12.1.